The van der Waals surface area contributed by atoms with Crippen LogP contribution in [0.15, 0.2) is 48.5 Å². The molecule has 0 aliphatic carbocycles. The maximum atomic E-state index is 13.1. The summed E-state index contributed by atoms with van der Waals surface area (Å²) >= 11 is 0. The number of piperazine rings is 1. The fourth-order valence-corrected chi connectivity index (χ4v) is 4.11. The van der Waals surface area contributed by atoms with Gasteiger partial charge in [0.2, 0.25) is 0 Å². The Morgan fingerprint density at radius 1 is 1.03 bits per heavy atom. The van der Waals surface area contributed by atoms with Crippen molar-refractivity contribution < 1.29 is 23.0 Å². The number of aryl methyl sites for hydroxylation is 1. The van der Waals surface area contributed by atoms with E-state index in [2.05, 4.69) is 4.90 Å². The number of aromatic nitrogens is 1. The summed E-state index contributed by atoms with van der Waals surface area (Å²) < 4.78 is 37.2. The Morgan fingerprint density at radius 3 is 2.42 bits per heavy atom. The van der Waals surface area contributed by atoms with E-state index in [0.717, 1.165) is 29.6 Å². The van der Waals surface area contributed by atoms with E-state index in [1.54, 1.807) is 6.07 Å². The molecule has 1 fully saturated rings. The van der Waals surface area contributed by atoms with Crippen molar-refractivity contribution in [1.82, 2.24) is 14.4 Å². The van der Waals surface area contributed by atoms with Crippen LogP contribution in [0.3, 0.4) is 0 Å². The van der Waals surface area contributed by atoms with Crippen molar-refractivity contribution in [2.75, 3.05) is 39.9 Å². The minimum Gasteiger partial charge on any atom is -0.493 e. The van der Waals surface area contributed by atoms with Crippen LogP contribution in [-0.4, -0.2) is 66.6 Å². The molecule has 9 heteroatoms. The van der Waals surface area contributed by atoms with Gasteiger partial charge in [-0.3, -0.25) is 9.69 Å². The first-order valence-corrected chi connectivity index (χ1v) is 10.6. The molecule has 0 unspecified atom stereocenters. The number of hydrogen-bond acceptors (Lipinski definition) is 4. The number of nitrogens with zero attached hydrogens (tertiary/aromatic N) is 3. The summed E-state index contributed by atoms with van der Waals surface area (Å²) in [5.41, 5.74) is 2.74. The van der Waals surface area contributed by atoms with Crippen molar-refractivity contribution in [2.45, 2.75) is 13.0 Å². The second-order valence-corrected chi connectivity index (χ2v) is 7.90. The molecule has 4 rings (SSSR count). The first kappa shape index (κ1) is 25.0. The Balaban J connectivity index is 0.00000306. The number of benzene rings is 2. The molecule has 33 heavy (non-hydrogen) atoms. The highest BCUT2D eigenvalue weighted by Crippen LogP contribution is 2.29. The predicted octanol–water partition coefficient (Wildman–Crippen LogP) is 4.37. The maximum Gasteiger partial charge on any atom is 0.272 e. The SMILES string of the molecule is Br.COc1cc(CN2CCN(C(=O)c3cc4ccccc4n3C)CC2)ccc1OCC(F)F. The second-order valence-electron chi connectivity index (χ2n) is 7.90. The van der Waals surface area contributed by atoms with Gasteiger partial charge in [-0.1, -0.05) is 24.3 Å². The summed E-state index contributed by atoms with van der Waals surface area (Å²) in [7, 11) is 3.42. The zero-order chi connectivity index (χ0) is 22.7. The Hall–Kier alpha value is -2.65. The molecule has 2 heterocycles. The van der Waals surface area contributed by atoms with Gasteiger partial charge in [0.25, 0.3) is 12.3 Å². The van der Waals surface area contributed by atoms with Crippen LogP contribution in [0, 0.1) is 0 Å². The van der Waals surface area contributed by atoms with Crippen LogP contribution in [0.25, 0.3) is 10.9 Å². The van der Waals surface area contributed by atoms with E-state index in [1.165, 1.54) is 7.11 Å². The van der Waals surface area contributed by atoms with Crippen molar-refractivity contribution in [1.29, 1.82) is 0 Å². The van der Waals surface area contributed by atoms with Crippen molar-refractivity contribution in [3.8, 4) is 11.5 Å². The number of amides is 1. The normalized spacial score (nSPS) is 14.4. The number of carbonyl (C=O) groups is 1. The predicted molar refractivity (Wildman–Crippen MR) is 129 cm³/mol. The highest BCUT2D eigenvalue weighted by atomic mass is 79.9. The lowest BCUT2D eigenvalue weighted by atomic mass is 10.1. The standard InChI is InChI=1S/C24H27F2N3O3.BrH/c1-27-19-6-4-3-5-18(19)14-20(27)24(30)29-11-9-28(10-12-29)15-17-7-8-21(22(13-17)31-2)32-16-23(25)26;/h3-8,13-14,23H,9-12,15-16H2,1-2H3;1H. The van der Waals surface area contributed by atoms with Gasteiger partial charge in [-0.05, 0) is 29.8 Å². The highest BCUT2D eigenvalue weighted by molar-refractivity contribution is 8.93. The third-order valence-corrected chi connectivity index (χ3v) is 5.83. The Morgan fingerprint density at radius 2 is 1.76 bits per heavy atom. The van der Waals surface area contributed by atoms with Gasteiger partial charge in [-0.15, -0.1) is 17.0 Å². The van der Waals surface area contributed by atoms with E-state index in [9.17, 15) is 13.6 Å². The molecule has 2 aromatic carbocycles. The fourth-order valence-electron chi connectivity index (χ4n) is 4.11. The van der Waals surface area contributed by atoms with Crippen LogP contribution in [0.2, 0.25) is 0 Å². The summed E-state index contributed by atoms with van der Waals surface area (Å²) in [5.74, 6) is 0.792. The molecule has 0 N–H and O–H groups in total. The van der Waals surface area contributed by atoms with E-state index < -0.39 is 13.0 Å². The summed E-state index contributed by atoms with van der Waals surface area (Å²) in [6.45, 7) is 2.81. The van der Waals surface area contributed by atoms with Gasteiger partial charge in [-0.25, -0.2) is 8.78 Å². The first-order chi connectivity index (χ1) is 15.5. The van der Waals surface area contributed by atoms with Crippen molar-refractivity contribution in [2.24, 2.45) is 7.05 Å². The molecule has 3 aromatic rings. The van der Waals surface area contributed by atoms with Gasteiger partial charge >= 0.3 is 0 Å². The lowest BCUT2D eigenvalue weighted by molar-refractivity contribution is 0.0619. The quantitative estimate of drug-likeness (QED) is 0.461. The van der Waals surface area contributed by atoms with Gasteiger partial charge in [0, 0.05) is 50.7 Å². The van der Waals surface area contributed by atoms with E-state index in [4.69, 9.17) is 9.47 Å². The largest absolute Gasteiger partial charge is 0.493 e. The molecular weight excluding hydrogens is 496 g/mol. The summed E-state index contributed by atoms with van der Waals surface area (Å²) in [5, 5.41) is 1.06. The van der Waals surface area contributed by atoms with Crippen molar-refractivity contribution >= 4 is 33.8 Å². The molecule has 0 atom stereocenters. The number of carbonyl (C=O) groups excluding carboxylic acids is 1. The topological polar surface area (TPSA) is 46.9 Å². The van der Waals surface area contributed by atoms with Crippen molar-refractivity contribution in [3.05, 3.63) is 59.8 Å². The van der Waals surface area contributed by atoms with E-state index in [-0.39, 0.29) is 22.9 Å². The number of fused-ring (bicyclic) bond motifs is 1. The van der Waals surface area contributed by atoms with Gasteiger partial charge in [0.05, 0.1) is 7.11 Å². The average Bonchev–Trinajstić information content (AvgIpc) is 3.14. The number of para-hydroxylation sites is 1. The second kappa shape index (κ2) is 11.0. The molecular formula is C24H28BrF2N3O3. The average molecular weight is 524 g/mol. The summed E-state index contributed by atoms with van der Waals surface area (Å²) in [4.78, 5) is 17.2. The zero-order valence-electron chi connectivity index (χ0n) is 18.7. The van der Waals surface area contributed by atoms with Gasteiger partial charge in [-0.2, -0.15) is 0 Å². The van der Waals surface area contributed by atoms with E-state index in [1.807, 2.05) is 59.0 Å². The van der Waals surface area contributed by atoms with Gasteiger partial charge in [0.1, 0.15) is 12.3 Å². The third-order valence-electron chi connectivity index (χ3n) is 5.83. The molecule has 0 saturated carbocycles. The minimum atomic E-state index is -2.53. The fraction of sp³-hybridized carbons (Fsp3) is 0.375. The maximum absolute atomic E-state index is 13.1. The number of methoxy groups -OCH3 is 1. The van der Waals surface area contributed by atoms with Crippen LogP contribution < -0.4 is 9.47 Å². The smallest absolute Gasteiger partial charge is 0.272 e. The molecule has 0 spiro atoms. The van der Waals surface area contributed by atoms with E-state index >= 15 is 0 Å². The summed E-state index contributed by atoms with van der Waals surface area (Å²) in [6, 6.07) is 15.3. The van der Waals surface area contributed by atoms with E-state index in [0.29, 0.717) is 36.8 Å². The monoisotopic (exact) mass is 523 g/mol. The lowest BCUT2D eigenvalue weighted by Gasteiger charge is -2.34. The highest BCUT2D eigenvalue weighted by Gasteiger charge is 2.24. The van der Waals surface area contributed by atoms with Crippen molar-refractivity contribution in [3.63, 3.8) is 0 Å². The first-order valence-electron chi connectivity index (χ1n) is 10.6. The molecule has 1 aliphatic heterocycles. The molecule has 178 valence electrons. The molecule has 6 nitrogen and oxygen atoms in total. The van der Waals surface area contributed by atoms with Crippen LogP contribution in [0.4, 0.5) is 8.78 Å². The zero-order valence-corrected chi connectivity index (χ0v) is 20.4. The Labute approximate surface area is 202 Å². The number of alkyl halides is 2. The molecule has 0 bridgehead atoms. The van der Waals surface area contributed by atoms with Crippen LogP contribution in [0.5, 0.6) is 11.5 Å². The van der Waals surface area contributed by atoms with Crippen LogP contribution in [0.1, 0.15) is 16.1 Å². The minimum absolute atomic E-state index is 0. The molecule has 1 aliphatic rings. The third kappa shape index (κ3) is 5.65. The Bertz CT molecular complexity index is 1100. The van der Waals surface area contributed by atoms with Crippen LogP contribution in [-0.2, 0) is 13.6 Å². The molecule has 1 amide bonds. The number of rotatable bonds is 7. The molecule has 1 saturated heterocycles. The van der Waals surface area contributed by atoms with Gasteiger partial charge < -0.3 is 18.9 Å². The number of ether oxygens (including phenoxy) is 2. The lowest BCUT2D eigenvalue weighted by Crippen LogP contribution is -2.48. The molecule has 0 radical (unpaired) electrons. The summed E-state index contributed by atoms with van der Waals surface area (Å²) in [6.07, 6.45) is -2.53. The number of hydrogen-bond donors (Lipinski definition) is 0. The van der Waals surface area contributed by atoms with Gasteiger partial charge in [0.15, 0.2) is 11.5 Å². The molecule has 1 aromatic heterocycles. The number of halogens is 3. The Kier molecular flexibility index (Phi) is 8.31. The van der Waals surface area contributed by atoms with Crippen LogP contribution >= 0.6 is 17.0 Å².